The van der Waals surface area contributed by atoms with Gasteiger partial charge in [-0.2, -0.15) is 0 Å². The summed E-state index contributed by atoms with van der Waals surface area (Å²) in [7, 11) is 4.27. The van der Waals surface area contributed by atoms with Gasteiger partial charge in [0.05, 0.1) is 0 Å². The van der Waals surface area contributed by atoms with Crippen molar-refractivity contribution in [1.82, 2.24) is 67.9 Å². The number of anilines is 10. The van der Waals surface area contributed by atoms with Gasteiger partial charge < -0.3 is 116 Å². The van der Waals surface area contributed by atoms with E-state index in [1.807, 2.05) is 73.6 Å². The summed E-state index contributed by atoms with van der Waals surface area (Å²) in [6.07, 6.45) is 26.1. The molecule has 16 rings (SSSR count). The Morgan fingerprint density at radius 3 is 0.674 bits per heavy atom. The summed E-state index contributed by atoms with van der Waals surface area (Å²) in [5, 5.41) is 0. The van der Waals surface area contributed by atoms with Crippen LogP contribution in [0.25, 0.3) is 0 Å². The van der Waals surface area contributed by atoms with Gasteiger partial charge in [-0.05, 0) is 142 Å². The van der Waals surface area contributed by atoms with Gasteiger partial charge in [-0.3, -0.25) is 40.0 Å². The minimum absolute atomic E-state index is 0. The molecule has 135 heavy (non-hydrogen) atoms. The van der Waals surface area contributed by atoms with Crippen molar-refractivity contribution >= 4 is 141 Å². The first-order valence-electron chi connectivity index (χ1n) is 48.1. The van der Waals surface area contributed by atoms with Crippen LogP contribution < -0.4 is 78.0 Å². The van der Waals surface area contributed by atoms with Crippen molar-refractivity contribution in [2.45, 2.75) is 213 Å². The van der Waals surface area contributed by atoms with Crippen LogP contribution in [0.15, 0.2) is 231 Å². The van der Waals surface area contributed by atoms with E-state index in [0.717, 1.165) is 74.1 Å². The third-order valence-electron chi connectivity index (χ3n) is 26.4. The van der Waals surface area contributed by atoms with E-state index in [1.54, 1.807) is 0 Å². The molecule has 24 nitrogen and oxygen atoms in total. The Balaban J connectivity index is 0.000000285. The van der Waals surface area contributed by atoms with Crippen molar-refractivity contribution in [2.75, 3.05) is 94.9 Å². The number of hydrogen-bond donors (Lipinski definition) is 0. The van der Waals surface area contributed by atoms with Crippen molar-refractivity contribution in [3.63, 3.8) is 0 Å². The number of rotatable bonds is 28. The van der Waals surface area contributed by atoms with Gasteiger partial charge in [0.25, 0.3) is 41.9 Å². The van der Waals surface area contributed by atoms with E-state index < -0.39 is 0 Å². The Morgan fingerprint density at radius 2 is 0.430 bits per heavy atom. The quantitative estimate of drug-likeness (QED) is 0.0260. The second kappa shape index (κ2) is 61.9. The molecule has 4 aromatic carbocycles. The maximum Gasteiger partial charge on any atom is 2.00 e. The van der Waals surface area contributed by atoms with Gasteiger partial charge in [0.1, 0.15) is 0 Å². The summed E-state index contributed by atoms with van der Waals surface area (Å²) in [4.78, 5) is 54.2. The first-order valence-corrected chi connectivity index (χ1v) is 48.1. The van der Waals surface area contributed by atoms with Crippen LogP contribution in [0.5, 0.6) is 0 Å². The Kier molecular flexibility index (Phi) is 55.3. The van der Waals surface area contributed by atoms with Gasteiger partial charge in [-0.15, -0.1) is 0 Å². The summed E-state index contributed by atoms with van der Waals surface area (Å²) in [5.74, 6) is 6.08. The van der Waals surface area contributed by atoms with Crippen molar-refractivity contribution < 1.29 is 126 Å². The number of unbranched alkanes of at least 4 members (excludes halogenated alkanes) is 7. The first kappa shape index (κ1) is 121. The molecule has 42 heteroatoms. The Hall–Kier alpha value is -4.85. The number of hydrogen-bond acceptors (Lipinski definition) is 18. The third-order valence-corrected chi connectivity index (χ3v) is 26.4. The summed E-state index contributed by atoms with van der Waals surface area (Å²) in [6, 6.07) is 67.1. The average molecular weight is 2900 g/mol. The van der Waals surface area contributed by atoms with Crippen LogP contribution in [0.4, 0.5) is 57.7 Å². The van der Waals surface area contributed by atoms with Gasteiger partial charge in [-0.25, -0.2) is 0 Å². The predicted octanol–water partition coefficient (Wildman–Crippen LogP) is 17.8. The van der Waals surface area contributed by atoms with Crippen molar-refractivity contribution in [3.05, 3.63) is 271 Å². The molecule has 0 saturated carbocycles. The Labute approximate surface area is 906 Å². The van der Waals surface area contributed by atoms with Gasteiger partial charge in [0, 0.05) is 0 Å². The third kappa shape index (κ3) is 32.1. The molecule has 0 amide bonds. The predicted molar refractivity (Wildman–Crippen MR) is 564 cm³/mol. The molecule has 6 aliphatic heterocycles. The molecular formula is C93H142B12N24Pt6. The van der Waals surface area contributed by atoms with E-state index >= 15 is 0 Å². The molecule has 0 atom stereocenters. The fourth-order valence-electron chi connectivity index (χ4n) is 18.6. The molecule has 6 fully saturated rings. The van der Waals surface area contributed by atoms with Crippen LogP contribution in [0, 0.1) is 40.0 Å². The van der Waals surface area contributed by atoms with Crippen LogP contribution >= 0.6 is 0 Å². The maximum atomic E-state index is 4.53. The van der Waals surface area contributed by atoms with Gasteiger partial charge in [-0.1, -0.05) is 407 Å². The number of para-hydroxylation sites is 4. The summed E-state index contributed by atoms with van der Waals surface area (Å²) in [5.41, 5.74) is 4.84. The number of aromatic nitrogens is 6. The van der Waals surface area contributed by atoms with E-state index in [1.165, 1.54) is 93.4 Å². The summed E-state index contributed by atoms with van der Waals surface area (Å²) < 4.78 is 15.2. The van der Waals surface area contributed by atoms with Crippen molar-refractivity contribution in [3.8, 4) is 0 Å². The van der Waals surface area contributed by atoms with Crippen LogP contribution in [0.1, 0.15) is 126 Å². The topological polar surface area (TPSA) is 143 Å². The second-order valence-electron chi connectivity index (χ2n) is 35.2. The largest absolute Gasteiger partial charge is 2.00 e. The van der Waals surface area contributed by atoms with Gasteiger partial charge >= 0.3 is 126 Å². The molecule has 0 aliphatic carbocycles. The van der Waals surface area contributed by atoms with E-state index in [-0.39, 0.29) is 133 Å². The smallest absolute Gasteiger partial charge is 0.620 e. The SMILES string of the molecule is CB1N(c2ccccc2)[CH-]N(c2ccc[n-]2)B(C)N1C(C)C.CCCCCCN1B(C)N(c2ccccc2)[CH-]N(c2ccc[n-]2)B1C.CCCCCN1B(C)N(C)[CH-]N(c2ccc[n-]2)B1C.CCCCN1B(C)N(C)[CH-]N(c2ccc[n-]2)B1C.CCCCN1B(C)N(c2ccccc2)[CH-]N(c2ccc[n-]2)B1C.CCCN1B(C)N(c2ccccc2)[CH-]N(c2ccc[n-]2)B1C.[Pt+2].[Pt+2].[Pt+2].[Pt+2].[Pt+2].[Pt+2]. The minimum Gasteiger partial charge on any atom is -0.620 e. The molecule has 0 N–H and O–H groups in total. The standard InChI is InChI=1S/C19H28B2N4.C17H24B2N4.2C16H22B2N4.C13H24B2N4.C12H22B2N4.6Pt/c1-4-5-6-10-16-25-20(2)23(18-12-8-7-9-13-18)17-24(21(25)3)19-14-11-15-22-19;1-4-5-14-23-18(2)21(16-10-7-6-8-11-16)15-22(19(23)3)17-12-9-13-20-17;1-14(2)22-17(3)20(15-9-6-5-7-10-15)13-21(18(22)4)16-11-8-12-19-16;1-4-13-22-17(2)20(15-9-6-5-7-10-15)14-21(18(22)3)16-11-8-12-19-16;1-5-6-7-11-19-14(2)17(4)12-18(15(19)3)13-9-8-10-16-13;1-5-6-10-18-13(2)16(4)11-17(14(18)3)12-8-7-9-15-12;;;;;;/h7-9,11-15,17H,4-6,10,16H2,1-3H3;6-13,15H,4-5,14H2,1-3H3;5-14H,1-4H3;5-12,14H,4,13H2,1-3H3;8-10,12H,5-7,11H2,1-4H3;7-9,11H,5-6,10H2,1-4H3;;;;;;/q6*-2;6*+2. The van der Waals surface area contributed by atoms with E-state index in [9.17, 15) is 0 Å². The summed E-state index contributed by atoms with van der Waals surface area (Å²) in [6.45, 7) is 65.7. The van der Waals surface area contributed by atoms with E-state index in [0.29, 0.717) is 82.9 Å². The molecule has 0 bridgehead atoms. The zero-order valence-corrected chi connectivity index (χ0v) is 97.2. The van der Waals surface area contributed by atoms with E-state index in [4.69, 9.17) is 0 Å². The van der Waals surface area contributed by atoms with Crippen molar-refractivity contribution in [2.24, 2.45) is 0 Å². The molecule has 6 aliphatic rings. The Bertz CT molecular complexity index is 4610. The zero-order valence-electron chi connectivity index (χ0n) is 83.6. The maximum absolute atomic E-state index is 4.53. The first-order chi connectivity index (χ1) is 62.5. The Morgan fingerprint density at radius 1 is 0.222 bits per heavy atom. The normalized spacial score (nSPS) is 16.3. The van der Waals surface area contributed by atoms with Gasteiger partial charge in [0.2, 0.25) is 0 Å². The molecule has 0 spiro atoms. The summed E-state index contributed by atoms with van der Waals surface area (Å²) >= 11 is 0. The fourth-order valence-corrected chi connectivity index (χ4v) is 18.6. The minimum atomic E-state index is 0. The van der Waals surface area contributed by atoms with Crippen LogP contribution in [0.3, 0.4) is 0 Å². The van der Waals surface area contributed by atoms with Crippen LogP contribution in [-0.2, 0) is 126 Å². The van der Waals surface area contributed by atoms with Crippen molar-refractivity contribution in [1.29, 1.82) is 0 Å². The van der Waals surface area contributed by atoms with Crippen LogP contribution in [-0.4, -0.2) is 175 Å². The average Bonchev–Trinajstić information content (AvgIpc) is 1.73. The molecule has 0 radical (unpaired) electrons. The van der Waals surface area contributed by atoms with E-state index in [2.05, 4.69) is 458 Å². The molecular weight excluding hydrogens is 2750 g/mol. The second-order valence-corrected chi connectivity index (χ2v) is 35.2. The number of nitrogens with zero attached hydrogens (tertiary/aromatic N) is 24. The molecule has 6 saturated heterocycles. The monoisotopic (exact) mass is 2900 g/mol. The fraction of sp³-hybridized carbons (Fsp3) is 0.419. The molecule has 6 aromatic heterocycles. The van der Waals surface area contributed by atoms with Gasteiger partial charge in [0.15, 0.2) is 41.9 Å². The van der Waals surface area contributed by atoms with Crippen LogP contribution in [0.2, 0.25) is 81.9 Å². The molecule has 0 unspecified atom stereocenters. The number of benzene rings is 4. The zero-order chi connectivity index (χ0) is 92.0. The molecule has 12 heterocycles. The molecule has 10 aromatic rings. The molecule has 730 valence electrons.